The van der Waals surface area contributed by atoms with Crippen LogP contribution in [0.4, 0.5) is 0 Å². The number of hydrogen-bond donors (Lipinski definition) is 1. The molecule has 0 spiro atoms. The van der Waals surface area contributed by atoms with Crippen LogP contribution in [0.1, 0.15) is 16.7 Å². The Hall–Kier alpha value is -2.41. The standard InChI is InChI=1S/C20H16Cl2N2O3S/c1-11-3-5-12(6-4-11)10-27-17-15(21)8-13(9-16(17)22)7-14-18(25)23-20(28)24(2)19(14)26/h3-9H,10H2,1-2H3,(H,23,25,28)/b14-7+. The van der Waals surface area contributed by atoms with E-state index in [-0.39, 0.29) is 20.7 Å². The second-order valence-electron chi connectivity index (χ2n) is 6.27. The minimum Gasteiger partial charge on any atom is -0.486 e. The van der Waals surface area contributed by atoms with Gasteiger partial charge in [-0.2, -0.15) is 0 Å². The lowest BCUT2D eigenvalue weighted by Crippen LogP contribution is -2.52. The number of thiocarbonyl (C=S) groups is 1. The highest BCUT2D eigenvalue weighted by molar-refractivity contribution is 7.80. The van der Waals surface area contributed by atoms with Gasteiger partial charge in [-0.05, 0) is 48.5 Å². The Morgan fingerprint density at radius 3 is 2.36 bits per heavy atom. The van der Waals surface area contributed by atoms with Gasteiger partial charge in [0.1, 0.15) is 12.2 Å². The molecule has 0 aromatic heterocycles. The van der Waals surface area contributed by atoms with Gasteiger partial charge >= 0.3 is 0 Å². The number of halogens is 2. The first-order chi connectivity index (χ1) is 13.3. The molecule has 0 aliphatic carbocycles. The summed E-state index contributed by atoms with van der Waals surface area (Å²) in [5.74, 6) is -0.732. The number of nitrogens with zero attached hydrogens (tertiary/aromatic N) is 1. The summed E-state index contributed by atoms with van der Waals surface area (Å²) >= 11 is 17.5. The van der Waals surface area contributed by atoms with Crippen LogP contribution >= 0.6 is 35.4 Å². The summed E-state index contributed by atoms with van der Waals surface area (Å²) in [6.45, 7) is 2.32. The molecule has 3 rings (SSSR count). The number of nitrogens with one attached hydrogen (secondary N) is 1. The Balaban J connectivity index is 1.83. The normalized spacial score (nSPS) is 15.8. The van der Waals surface area contributed by atoms with Crippen LogP contribution in [-0.2, 0) is 16.2 Å². The maximum absolute atomic E-state index is 12.3. The lowest BCUT2D eigenvalue weighted by Gasteiger charge is -2.25. The summed E-state index contributed by atoms with van der Waals surface area (Å²) in [4.78, 5) is 25.6. The third kappa shape index (κ3) is 4.35. The first-order valence-electron chi connectivity index (χ1n) is 8.28. The molecule has 1 N–H and O–H groups in total. The van der Waals surface area contributed by atoms with E-state index in [1.165, 1.54) is 18.0 Å². The van der Waals surface area contributed by atoms with Crippen LogP contribution in [0.15, 0.2) is 42.0 Å². The molecule has 144 valence electrons. The largest absolute Gasteiger partial charge is 0.486 e. The van der Waals surface area contributed by atoms with Crippen molar-refractivity contribution in [3.05, 3.63) is 68.7 Å². The zero-order valence-corrected chi connectivity index (χ0v) is 17.4. The van der Waals surface area contributed by atoms with Gasteiger partial charge in [-0.15, -0.1) is 0 Å². The Labute approximate surface area is 177 Å². The van der Waals surface area contributed by atoms with E-state index in [1.54, 1.807) is 12.1 Å². The predicted octanol–water partition coefficient (Wildman–Crippen LogP) is 4.14. The number of carbonyl (C=O) groups is 2. The van der Waals surface area contributed by atoms with Crippen molar-refractivity contribution < 1.29 is 14.3 Å². The average molecular weight is 435 g/mol. The molecule has 0 saturated carbocycles. The Kier molecular flexibility index (Phi) is 6.03. The molecule has 1 fully saturated rings. The molecule has 8 heteroatoms. The van der Waals surface area contributed by atoms with Crippen LogP contribution in [0.3, 0.4) is 0 Å². The van der Waals surface area contributed by atoms with Gasteiger partial charge in [-0.25, -0.2) is 0 Å². The second-order valence-corrected chi connectivity index (χ2v) is 7.47. The highest BCUT2D eigenvalue weighted by Gasteiger charge is 2.30. The third-order valence-electron chi connectivity index (χ3n) is 4.14. The number of likely N-dealkylation sites (N-methyl/N-ethyl adjacent to an activating group) is 1. The van der Waals surface area contributed by atoms with Crippen LogP contribution in [-0.4, -0.2) is 28.9 Å². The molecule has 1 aliphatic rings. The number of carbonyl (C=O) groups excluding carboxylic acids is 2. The van der Waals surface area contributed by atoms with Gasteiger partial charge in [0.05, 0.1) is 10.0 Å². The van der Waals surface area contributed by atoms with Gasteiger partial charge in [-0.3, -0.25) is 19.8 Å². The summed E-state index contributed by atoms with van der Waals surface area (Å²) < 4.78 is 5.76. The first kappa shape index (κ1) is 20.3. The molecule has 1 heterocycles. The summed E-state index contributed by atoms with van der Waals surface area (Å²) in [7, 11) is 1.49. The van der Waals surface area contributed by atoms with Gasteiger partial charge in [0.15, 0.2) is 10.9 Å². The number of aryl methyl sites for hydroxylation is 1. The van der Waals surface area contributed by atoms with Crippen molar-refractivity contribution in [2.24, 2.45) is 0 Å². The first-order valence-corrected chi connectivity index (χ1v) is 9.45. The van der Waals surface area contributed by atoms with Crippen LogP contribution in [0, 0.1) is 6.92 Å². The highest BCUT2D eigenvalue weighted by Crippen LogP contribution is 2.35. The molecule has 0 radical (unpaired) electrons. The molecular weight excluding hydrogens is 419 g/mol. The second kappa shape index (κ2) is 8.31. The number of benzene rings is 2. The fourth-order valence-electron chi connectivity index (χ4n) is 2.55. The van der Waals surface area contributed by atoms with Crippen molar-refractivity contribution in [1.82, 2.24) is 10.2 Å². The molecule has 1 aliphatic heterocycles. The third-order valence-corrected chi connectivity index (χ3v) is 5.08. The quantitative estimate of drug-likeness (QED) is 0.446. The summed E-state index contributed by atoms with van der Waals surface area (Å²) in [6, 6.07) is 11.1. The Morgan fingerprint density at radius 1 is 1.14 bits per heavy atom. The SMILES string of the molecule is Cc1ccc(COc2c(Cl)cc(/C=C3\C(=O)NC(=S)N(C)C3=O)cc2Cl)cc1. The van der Waals surface area contributed by atoms with E-state index >= 15 is 0 Å². The maximum Gasteiger partial charge on any atom is 0.265 e. The highest BCUT2D eigenvalue weighted by atomic mass is 35.5. The number of amides is 2. The van der Waals surface area contributed by atoms with Crippen molar-refractivity contribution in [1.29, 1.82) is 0 Å². The molecule has 2 amide bonds. The van der Waals surface area contributed by atoms with Crippen molar-refractivity contribution in [2.75, 3.05) is 7.05 Å². The molecular formula is C20H16Cl2N2O3S. The van der Waals surface area contributed by atoms with E-state index in [1.807, 2.05) is 31.2 Å². The lowest BCUT2D eigenvalue weighted by atomic mass is 10.1. The van der Waals surface area contributed by atoms with Crippen LogP contribution in [0.25, 0.3) is 6.08 Å². The number of hydrogen-bond acceptors (Lipinski definition) is 4. The van der Waals surface area contributed by atoms with Crippen LogP contribution in [0.2, 0.25) is 10.0 Å². The van der Waals surface area contributed by atoms with E-state index in [0.717, 1.165) is 11.1 Å². The minimum atomic E-state index is -0.569. The molecule has 0 atom stereocenters. The van der Waals surface area contributed by atoms with Crippen LogP contribution in [0.5, 0.6) is 5.75 Å². The lowest BCUT2D eigenvalue weighted by molar-refractivity contribution is -0.128. The monoisotopic (exact) mass is 434 g/mol. The average Bonchev–Trinajstić information content (AvgIpc) is 2.64. The zero-order valence-electron chi connectivity index (χ0n) is 15.1. The van der Waals surface area contributed by atoms with Gasteiger partial charge < -0.3 is 4.74 Å². The van der Waals surface area contributed by atoms with Crippen molar-refractivity contribution in [3.63, 3.8) is 0 Å². The molecule has 1 saturated heterocycles. The van der Waals surface area contributed by atoms with E-state index < -0.39 is 11.8 Å². The fourth-order valence-corrected chi connectivity index (χ4v) is 3.34. The Morgan fingerprint density at radius 2 is 1.75 bits per heavy atom. The predicted molar refractivity (Wildman–Crippen MR) is 113 cm³/mol. The van der Waals surface area contributed by atoms with Gasteiger partial charge in [-0.1, -0.05) is 53.0 Å². The number of ether oxygens (including phenoxy) is 1. The smallest absolute Gasteiger partial charge is 0.265 e. The van der Waals surface area contributed by atoms with Gasteiger partial charge in [0.25, 0.3) is 11.8 Å². The molecule has 0 unspecified atom stereocenters. The molecule has 2 aromatic rings. The minimum absolute atomic E-state index is 0.0584. The van der Waals surface area contributed by atoms with Crippen molar-refractivity contribution in [2.45, 2.75) is 13.5 Å². The van der Waals surface area contributed by atoms with E-state index in [2.05, 4.69) is 5.32 Å². The molecule has 0 bridgehead atoms. The molecule has 5 nitrogen and oxygen atoms in total. The summed E-state index contributed by atoms with van der Waals surface area (Å²) in [5, 5.41) is 3.06. The topological polar surface area (TPSA) is 58.6 Å². The van der Waals surface area contributed by atoms with Crippen molar-refractivity contribution >= 4 is 58.4 Å². The molecule has 2 aromatic carbocycles. The Bertz CT molecular complexity index is 980. The van der Waals surface area contributed by atoms with E-state index in [0.29, 0.717) is 17.9 Å². The van der Waals surface area contributed by atoms with E-state index in [9.17, 15) is 9.59 Å². The summed E-state index contributed by atoms with van der Waals surface area (Å²) in [5.41, 5.74) is 2.58. The van der Waals surface area contributed by atoms with Crippen LogP contribution < -0.4 is 10.1 Å². The number of rotatable bonds is 4. The molecule has 28 heavy (non-hydrogen) atoms. The maximum atomic E-state index is 12.3. The zero-order chi connectivity index (χ0) is 20.4. The van der Waals surface area contributed by atoms with Crippen molar-refractivity contribution in [3.8, 4) is 5.75 Å². The van der Waals surface area contributed by atoms with Gasteiger partial charge in [0.2, 0.25) is 0 Å². The van der Waals surface area contributed by atoms with Gasteiger partial charge in [0, 0.05) is 7.05 Å². The van der Waals surface area contributed by atoms with E-state index in [4.69, 9.17) is 40.2 Å². The fraction of sp³-hybridized carbons (Fsp3) is 0.150. The summed E-state index contributed by atoms with van der Waals surface area (Å²) in [6.07, 6.45) is 1.41.